The van der Waals surface area contributed by atoms with Crippen molar-refractivity contribution < 1.29 is 24.2 Å². The number of piperidine rings is 1. The lowest BCUT2D eigenvalue weighted by atomic mass is 9.80. The van der Waals surface area contributed by atoms with E-state index in [0.717, 1.165) is 5.56 Å². The molecule has 1 heterocycles. The molecule has 6 nitrogen and oxygen atoms in total. The first kappa shape index (κ1) is 19.1. The highest BCUT2D eigenvalue weighted by Crippen LogP contribution is 2.31. The Kier molecular flexibility index (Phi) is 6.31. The zero-order valence-electron chi connectivity index (χ0n) is 14.8. The molecule has 0 radical (unpaired) electrons. The number of aliphatic carboxylic acids is 1. The summed E-state index contributed by atoms with van der Waals surface area (Å²) in [6.07, 6.45) is 1.33. The van der Waals surface area contributed by atoms with Gasteiger partial charge in [0.05, 0.1) is 6.61 Å². The zero-order valence-corrected chi connectivity index (χ0v) is 14.8. The maximum Gasteiger partial charge on any atom is 0.313 e. The van der Waals surface area contributed by atoms with E-state index in [1.54, 1.807) is 17.0 Å². The van der Waals surface area contributed by atoms with Crippen molar-refractivity contribution in [2.45, 2.75) is 32.6 Å². The molecule has 6 heteroatoms. The number of Topliss-reactive ketones (excluding diaryl/α,β-unsaturated/α-hetero) is 1. The smallest absolute Gasteiger partial charge is 0.313 e. The second-order valence-electron chi connectivity index (χ2n) is 6.73. The molecular formula is C19H25NO5. The molecule has 136 valence electrons. The van der Waals surface area contributed by atoms with Crippen LogP contribution in [0.4, 0.5) is 0 Å². The van der Waals surface area contributed by atoms with E-state index >= 15 is 0 Å². The van der Waals surface area contributed by atoms with Crippen molar-refractivity contribution in [1.29, 1.82) is 0 Å². The molecule has 1 aliphatic rings. The van der Waals surface area contributed by atoms with Gasteiger partial charge in [-0.1, -0.05) is 29.8 Å². The van der Waals surface area contributed by atoms with E-state index in [4.69, 9.17) is 4.74 Å². The summed E-state index contributed by atoms with van der Waals surface area (Å²) in [5.41, 5.74) is 0.615. The number of benzene rings is 1. The minimum absolute atomic E-state index is 0.0771. The highest BCUT2D eigenvalue weighted by Gasteiger charge is 2.43. The van der Waals surface area contributed by atoms with Crippen LogP contribution in [0.15, 0.2) is 24.3 Å². The predicted octanol–water partition coefficient (Wildman–Crippen LogP) is 2.30. The van der Waals surface area contributed by atoms with Gasteiger partial charge in [0.2, 0.25) is 5.91 Å². The second-order valence-corrected chi connectivity index (χ2v) is 6.73. The van der Waals surface area contributed by atoms with Gasteiger partial charge in [-0.15, -0.1) is 0 Å². The highest BCUT2D eigenvalue weighted by molar-refractivity contribution is 5.98. The molecule has 0 spiro atoms. The Labute approximate surface area is 147 Å². The van der Waals surface area contributed by atoms with E-state index in [-0.39, 0.29) is 37.7 Å². The fourth-order valence-corrected chi connectivity index (χ4v) is 3.24. The molecule has 1 amide bonds. The van der Waals surface area contributed by atoms with E-state index in [1.165, 1.54) is 7.11 Å². The third kappa shape index (κ3) is 4.66. The molecular weight excluding hydrogens is 322 g/mol. The van der Waals surface area contributed by atoms with Gasteiger partial charge in [-0.2, -0.15) is 0 Å². The molecule has 1 aromatic rings. The molecule has 25 heavy (non-hydrogen) atoms. The first-order valence-corrected chi connectivity index (χ1v) is 8.48. The number of hydrogen-bond acceptors (Lipinski definition) is 4. The van der Waals surface area contributed by atoms with Gasteiger partial charge in [0, 0.05) is 38.6 Å². The molecule has 1 N–H and O–H groups in total. The van der Waals surface area contributed by atoms with Crippen LogP contribution in [0.2, 0.25) is 0 Å². The van der Waals surface area contributed by atoms with Gasteiger partial charge in [-0.25, -0.2) is 0 Å². The van der Waals surface area contributed by atoms with Crippen LogP contribution in [-0.2, 0) is 14.3 Å². The number of rotatable bonds is 7. The topological polar surface area (TPSA) is 83.9 Å². The summed E-state index contributed by atoms with van der Waals surface area (Å²) in [6.45, 7) is 2.68. The van der Waals surface area contributed by atoms with E-state index in [1.807, 2.05) is 19.1 Å². The normalized spacial score (nSPS) is 20.3. The van der Waals surface area contributed by atoms with Crippen molar-refractivity contribution in [3.63, 3.8) is 0 Å². The first-order chi connectivity index (χ1) is 11.9. The van der Waals surface area contributed by atoms with Crippen molar-refractivity contribution in [2.24, 2.45) is 5.41 Å². The van der Waals surface area contributed by atoms with Gasteiger partial charge in [0.25, 0.3) is 0 Å². The van der Waals surface area contributed by atoms with Crippen LogP contribution < -0.4 is 0 Å². The molecule has 1 saturated heterocycles. The summed E-state index contributed by atoms with van der Waals surface area (Å²) in [6, 6.07) is 7.26. The van der Waals surface area contributed by atoms with Crippen molar-refractivity contribution in [3.8, 4) is 0 Å². The highest BCUT2D eigenvalue weighted by atomic mass is 16.5. The molecule has 0 aromatic heterocycles. The van der Waals surface area contributed by atoms with Crippen molar-refractivity contribution >= 4 is 17.7 Å². The third-order valence-electron chi connectivity index (χ3n) is 4.74. The van der Waals surface area contributed by atoms with E-state index in [9.17, 15) is 19.5 Å². The minimum Gasteiger partial charge on any atom is -0.481 e. The van der Waals surface area contributed by atoms with Gasteiger partial charge >= 0.3 is 5.97 Å². The minimum atomic E-state index is -1.05. The maximum absolute atomic E-state index is 12.4. The van der Waals surface area contributed by atoms with Crippen LogP contribution in [0, 0.1) is 12.3 Å². The van der Waals surface area contributed by atoms with E-state index in [0.29, 0.717) is 24.9 Å². The molecule has 1 aromatic carbocycles. The van der Waals surface area contributed by atoms with Gasteiger partial charge in [0.15, 0.2) is 5.78 Å². The molecule has 1 aliphatic heterocycles. The number of carboxylic acid groups (broad SMARTS) is 1. The number of amides is 1. The molecule has 1 atom stereocenters. The molecule has 0 saturated carbocycles. The quantitative estimate of drug-likeness (QED) is 0.765. The van der Waals surface area contributed by atoms with Gasteiger partial charge < -0.3 is 14.7 Å². The number of carboxylic acids is 1. The van der Waals surface area contributed by atoms with Crippen molar-refractivity contribution in [3.05, 3.63) is 35.4 Å². The van der Waals surface area contributed by atoms with Gasteiger partial charge in [-0.05, 0) is 19.8 Å². The second kappa shape index (κ2) is 8.25. The van der Waals surface area contributed by atoms with Gasteiger partial charge in [-0.3, -0.25) is 14.4 Å². The Balaban J connectivity index is 1.94. The van der Waals surface area contributed by atoms with Crippen molar-refractivity contribution in [1.82, 2.24) is 4.90 Å². The van der Waals surface area contributed by atoms with Crippen LogP contribution in [-0.4, -0.2) is 54.5 Å². The fourth-order valence-electron chi connectivity index (χ4n) is 3.24. The van der Waals surface area contributed by atoms with E-state index in [2.05, 4.69) is 0 Å². The third-order valence-corrected chi connectivity index (χ3v) is 4.74. The van der Waals surface area contributed by atoms with Crippen LogP contribution in [0.1, 0.15) is 41.6 Å². The maximum atomic E-state index is 12.4. The number of methoxy groups -OCH3 is 1. The van der Waals surface area contributed by atoms with Crippen LogP contribution in [0.3, 0.4) is 0 Å². The standard InChI is InChI=1S/C19H25NO5/c1-14-4-6-15(7-5-14)16(21)8-9-17(22)20-11-3-10-19(12-20,13-25-2)18(23)24/h4-7H,3,8-13H2,1-2H3,(H,23,24). The number of carbonyl (C=O) groups is 3. The van der Waals surface area contributed by atoms with Crippen LogP contribution >= 0.6 is 0 Å². The Morgan fingerprint density at radius 1 is 1.20 bits per heavy atom. The lowest BCUT2D eigenvalue weighted by Crippen LogP contribution is -2.52. The summed E-state index contributed by atoms with van der Waals surface area (Å²) >= 11 is 0. The number of ketones is 1. The molecule has 2 rings (SSSR count). The average Bonchev–Trinajstić information content (AvgIpc) is 2.60. The molecule has 0 bridgehead atoms. The summed E-state index contributed by atoms with van der Waals surface area (Å²) in [4.78, 5) is 37.8. The number of ether oxygens (including phenoxy) is 1. The average molecular weight is 347 g/mol. The largest absolute Gasteiger partial charge is 0.481 e. The van der Waals surface area contributed by atoms with Crippen LogP contribution in [0.25, 0.3) is 0 Å². The van der Waals surface area contributed by atoms with Crippen LogP contribution in [0.5, 0.6) is 0 Å². The number of likely N-dealkylation sites (tertiary alicyclic amines) is 1. The number of aryl methyl sites for hydroxylation is 1. The Hall–Kier alpha value is -2.21. The number of nitrogens with zero attached hydrogens (tertiary/aromatic N) is 1. The summed E-state index contributed by atoms with van der Waals surface area (Å²) < 4.78 is 5.07. The Morgan fingerprint density at radius 3 is 2.48 bits per heavy atom. The lowest BCUT2D eigenvalue weighted by Gasteiger charge is -2.39. The lowest BCUT2D eigenvalue weighted by molar-refractivity contribution is -0.159. The Morgan fingerprint density at radius 2 is 1.88 bits per heavy atom. The number of hydrogen-bond donors (Lipinski definition) is 1. The van der Waals surface area contributed by atoms with Crippen molar-refractivity contribution in [2.75, 3.05) is 26.8 Å². The summed E-state index contributed by atoms with van der Waals surface area (Å²) in [5, 5.41) is 9.54. The zero-order chi connectivity index (χ0) is 18.4. The first-order valence-electron chi connectivity index (χ1n) is 8.48. The monoisotopic (exact) mass is 347 g/mol. The molecule has 1 unspecified atom stereocenters. The van der Waals surface area contributed by atoms with Gasteiger partial charge in [0.1, 0.15) is 5.41 Å². The number of carbonyl (C=O) groups excluding carboxylic acids is 2. The summed E-state index contributed by atoms with van der Waals surface area (Å²) in [7, 11) is 1.46. The molecule has 0 aliphatic carbocycles. The molecule has 1 fully saturated rings. The SMILES string of the molecule is COCC1(C(=O)O)CCCN(C(=O)CCC(=O)c2ccc(C)cc2)C1. The predicted molar refractivity (Wildman–Crippen MR) is 92.5 cm³/mol. The fraction of sp³-hybridized carbons (Fsp3) is 0.526. The van der Waals surface area contributed by atoms with E-state index < -0.39 is 11.4 Å². The summed E-state index contributed by atoms with van der Waals surface area (Å²) in [5.74, 6) is -1.20. The Bertz CT molecular complexity index is 636.